The summed E-state index contributed by atoms with van der Waals surface area (Å²) in [6, 6.07) is 13.9. The molecular formula is C18H9F5O3S. The van der Waals surface area contributed by atoms with Crippen molar-refractivity contribution in [3.8, 4) is 16.9 Å². The Balaban J connectivity index is 1.97. The van der Waals surface area contributed by atoms with E-state index in [1.54, 1.807) is 30.3 Å². The molecule has 0 saturated heterocycles. The van der Waals surface area contributed by atoms with Crippen LogP contribution < -0.4 is 4.18 Å². The summed E-state index contributed by atoms with van der Waals surface area (Å²) < 4.78 is 95.2. The molecule has 0 bridgehead atoms. The Morgan fingerprint density at radius 2 is 1.04 bits per heavy atom. The van der Waals surface area contributed by atoms with Gasteiger partial charge < -0.3 is 4.18 Å². The van der Waals surface area contributed by atoms with Crippen LogP contribution in [0.2, 0.25) is 0 Å². The maximum Gasteiger partial charge on any atom is 0.339 e. The summed E-state index contributed by atoms with van der Waals surface area (Å²) >= 11 is 0. The van der Waals surface area contributed by atoms with Crippen molar-refractivity contribution in [2.75, 3.05) is 0 Å². The van der Waals surface area contributed by atoms with Crippen LogP contribution in [0.4, 0.5) is 22.0 Å². The molecule has 3 aromatic carbocycles. The average molecular weight is 400 g/mol. The second-order valence-electron chi connectivity index (χ2n) is 5.33. The van der Waals surface area contributed by atoms with E-state index in [-0.39, 0.29) is 0 Å². The fourth-order valence-electron chi connectivity index (χ4n) is 2.26. The van der Waals surface area contributed by atoms with E-state index in [4.69, 9.17) is 0 Å². The highest BCUT2D eigenvalue weighted by molar-refractivity contribution is 7.87. The molecule has 0 atom stereocenters. The largest absolute Gasteiger partial charge is 0.372 e. The zero-order valence-corrected chi connectivity index (χ0v) is 14.0. The highest BCUT2D eigenvalue weighted by Gasteiger charge is 2.30. The molecule has 0 radical (unpaired) electrons. The predicted octanol–water partition coefficient (Wildman–Crippen LogP) is 4.82. The van der Waals surface area contributed by atoms with Crippen molar-refractivity contribution in [1.82, 2.24) is 0 Å². The van der Waals surface area contributed by atoms with Crippen LogP contribution in [0, 0.1) is 29.1 Å². The first kappa shape index (κ1) is 18.8. The minimum atomic E-state index is -4.84. The average Bonchev–Trinajstić information content (AvgIpc) is 2.69. The van der Waals surface area contributed by atoms with Gasteiger partial charge in [-0.25, -0.2) is 13.2 Å². The highest BCUT2D eigenvalue weighted by Crippen LogP contribution is 2.31. The number of rotatable bonds is 4. The third-order valence-corrected chi connectivity index (χ3v) is 4.85. The molecule has 0 aliphatic heterocycles. The molecule has 3 nitrogen and oxygen atoms in total. The van der Waals surface area contributed by atoms with Crippen LogP contribution in [0.5, 0.6) is 5.75 Å². The van der Waals surface area contributed by atoms with Gasteiger partial charge in [0.15, 0.2) is 0 Å². The van der Waals surface area contributed by atoms with Crippen molar-refractivity contribution in [2.45, 2.75) is 4.90 Å². The lowest BCUT2D eigenvalue weighted by Gasteiger charge is -2.11. The van der Waals surface area contributed by atoms with Gasteiger partial charge in [0.2, 0.25) is 34.8 Å². The summed E-state index contributed by atoms with van der Waals surface area (Å²) in [5.74, 6) is -13.7. The van der Waals surface area contributed by atoms with Crippen molar-refractivity contribution in [3.63, 3.8) is 0 Å². The molecule has 0 heterocycles. The van der Waals surface area contributed by atoms with E-state index in [0.29, 0.717) is 5.56 Å². The number of hydrogen-bond acceptors (Lipinski definition) is 3. The molecule has 9 heteroatoms. The first-order valence-electron chi connectivity index (χ1n) is 7.34. The van der Waals surface area contributed by atoms with Crippen LogP contribution in [0.3, 0.4) is 0 Å². The van der Waals surface area contributed by atoms with Crippen molar-refractivity contribution in [1.29, 1.82) is 0 Å². The molecule has 0 unspecified atom stereocenters. The van der Waals surface area contributed by atoms with Gasteiger partial charge in [-0.3, -0.25) is 0 Å². The SMILES string of the molecule is O=S(=O)(Oc1c(F)c(F)c(F)c(F)c1F)c1ccc(-c2ccccc2)cc1. The van der Waals surface area contributed by atoms with E-state index in [9.17, 15) is 30.4 Å². The normalized spacial score (nSPS) is 11.4. The van der Waals surface area contributed by atoms with Crippen LogP contribution >= 0.6 is 0 Å². The van der Waals surface area contributed by atoms with Gasteiger partial charge in [0.25, 0.3) is 0 Å². The third-order valence-electron chi connectivity index (χ3n) is 3.61. The molecule has 0 spiro atoms. The van der Waals surface area contributed by atoms with Crippen LogP contribution in [0.25, 0.3) is 11.1 Å². The van der Waals surface area contributed by atoms with Crippen LogP contribution in [-0.2, 0) is 10.1 Å². The number of hydrogen-bond donors (Lipinski definition) is 0. The molecule has 0 aliphatic carbocycles. The van der Waals surface area contributed by atoms with E-state index >= 15 is 0 Å². The Labute approximate surface area is 150 Å². The van der Waals surface area contributed by atoms with Gasteiger partial charge in [-0.05, 0) is 23.3 Å². The van der Waals surface area contributed by atoms with E-state index < -0.39 is 49.8 Å². The zero-order valence-electron chi connectivity index (χ0n) is 13.2. The standard InChI is InChI=1S/C18H9F5O3S/c19-13-14(20)16(22)18(17(23)15(13)21)26-27(24,25)12-8-6-11(7-9-12)10-4-2-1-3-5-10/h1-9H. The van der Waals surface area contributed by atoms with Gasteiger partial charge in [0.05, 0.1) is 0 Å². The Hall–Kier alpha value is -2.94. The topological polar surface area (TPSA) is 43.4 Å². The summed E-state index contributed by atoms with van der Waals surface area (Å²) in [5, 5.41) is 0. The van der Waals surface area contributed by atoms with Crippen LogP contribution in [-0.4, -0.2) is 8.42 Å². The van der Waals surface area contributed by atoms with Crippen LogP contribution in [0.1, 0.15) is 0 Å². The molecular weight excluding hydrogens is 391 g/mol. The molecule has 0 N–H and O–H groups in total. The minimum Gasteiger partial charge on any atom is -0.372 e. The van der Waals surface area contributed by atoms with Crippen molar-refractivity contribution in [2.24, 2.45) is 0 Å². The van der Waals surface area contributed by atoms with Crippen molar-refractivity contribution in [3.05, 3.63) is 83.7 Å². The van der Waals surface area contributed by atoms with E-state index in [1.807, 2.05) is 0 Å². The van der Waals surface area contributed by atoms with E-state index in [0.717, 1.165) is 17.7 Å². The summed E-state index contributed by atoms with van der Waals surface area (Å²) in [6.45, 7) is 0. The Morgan fingerprint density at radius 3 is 1.56 bits per heavy atom. The summed E-state index contributed by atoms with van der Waals surface area (Å²) in [4.78, 5) is -0.522. The predicted molar refractivity (Wildman–Crippen MR) is 85.9 cm³/mol. The maximum atomic E-state index is 13.6. The Morgan fingerprint density at radius 1 is 0.593 bits per heavy atom. The second-order valence-corrected chi connectivity index (χ2v) is 6.87. The zero-order chi connectivity index (χ0) is 19.8. The maximum absolute atomic E-state index is 13.6. The number of halogens is 5. The first-order valence-corrected chi connectivity index (χ1v) is 8.74. The smallest absolute Gasteiger partial charge is 0.339 e. The molecule has 140 valence electrons. The van der Waals surface area contributed by atoms with Crippen LogP contribution in [0.15, 0.2) is 59.5 Å². The summed E-state index contributed by atoms with van der Waals surface area (Å²) in [7, 11) is -4.84. The Bertz CT molecular complexity index is 1070. The van der Waals surface area contributed by atoms with Crippen molar-refractivity contribution >= 4 is 10.1 Å². The molecule has 0 amide bonds. The van der Waals surface area contributed by atoms with Gasteiger partial charge in [-0.15, -0.1) is 0 Å². The van der Waals surface area contributed by atoms with Gasteiger partial charge in [0, 0.05) is 0 Å². The van der Waals surface area contributed by atoms with E-state index in [2.05, 4.69) is 4.18 Å². The fraction of sp³-hybridized carbons (Fsp3) is 0. The Kier molecular flexibility index (Phi) is 4.88. The fourth-order valence-corrected chi connectivity index (χ4v) is 3.19. The quantitative estimate of drug-likeness (QED) is 0.273. The third kappa shape index (κ3) is 3.50. The molecule has 3 aromatic rings. The van der Waals surface area contributed by atoms with Gasteiger partial charge in [-0.2, -0.15) is 17.2 Å². The lowest BCUT2D eigenvalue weighted by Crippen LogP contribution is -2.14. The van der Waals surface area contributed by atoms with Gasteiger partial charge in [-0.1, -0.05) is 42.5 Å². The lowest BCUT2D eigenvalue weighted by atomic mass is 10.1. The monoisotopic (exact) mass is 400 g/mol. The second kappa shape index (κ2) is 6.99. The highest BCUT2D eigenvalue weighted by atomic mass is 32.2. The molecule has 0 aliphatic rings. The molecule has 0 fully saturated rings. The summed E-state index contributed by atoms with van der Waals surface area (Å²) in [6.07, 6.45) is 0. The van der Waals surface area contributed by atoms with E-state index in [1.165, 1.54) is 12.1 Å². The minimum absolute atomic E-state index is 0.522. The van der Waals surface area contributed by atoms with Crippen molar-refractivity contribution < 1.29 is 34.6 Å². The lowest BCUT2D eigenvalue weighted by molar-refractivity contribution is 0.346. The molecule has 27 heavy (non-hydrogen) atoms. The molecule has 3 rings (SSSR count). The first-order chi connectivity index (χ1) is 12.7. The van der Waals surface area contributed by atoms with Gasteiger partial charge >= 0.3 is 10.1 Å². The van der Waals surface area contributed by atoms with Gasteiger partial charge in [0.1, 0.15) is 4.90 Å². The summed E-state index contributed by atoms with van der Waals surface area (Å²) in [5.41, 5.74) is 1.42. The number of benzene rings is 3. The molecule has 0 aromatic heterocycles. The molecule has 0 saturated carbocycles.